The number of aliphatic hydroxyl groups is 12. The smallest absolute Gasteiger partial charge is 0.242 e. The lowest BCUT2D eigenvalue weighted by Crippen LogP contribution is -2.64. The number of ether oxygens (including phenoxy) is 18. The van der Waals surface area contributed by atoms with Gasteiger partial charge in [-0.1, -0.05) is 0 Å². The fourth-order valence-corrected chi connectivity index (χ4v) is 15.8. The van der Waals surface area contributed by atoms with E-state index in [1.807, 2.05) is 13.8 Å². The first-order chi connectivity index (χ1) is 66.7. The third kappa shape index (κ3) is 45.0. The van der Waals surface area contributed by atoms with Crippen LogP contribution in [0.15, 0.2) is 0 Å². The Morgan fingerprint density at radius 1 is 0.367 bits per heavy atom. The standard InChI is InChI=1S/C86H152N12O41/c1-49(2)135-48-57-43-98(19-24-130-57)56-9-7-54(8-10-56)80(119)95-55(41-66(109)96-58(81(120)89-17-22-124-27-31-128-35-39-133-85-70(93-52(5)105)78(117)74(113)62(46-101)138-85)11-13-64(107)87-15-20-122-25-29-126-33-37-131-83-68(91-50(3)103)76(115)72(111)60(44-99)136-83)42-67(110)97-59(82(121)90-18-23-125-28-32-129-36-40-134-86-71(94-53(6)106)79(118)75(114)63(47-102)139-86)12-14-65(108)88-16-21-123-26-30-127-34-38-132-84-69(92-51(4)104)77(116)73(112)61(45-100)137-84/h49,54-63,68-79,83-86,99-102,111-118H,7-48H2,1-6H3,(H,87,107)(H,88,108)(H,89,120)(H,90,121)(H,91,103)(H,92,104)(H,93,105)(H,94,106)(H,95,119)(H,96,109)(H,97,110)/t54?,55?,56?,57-,58+,59+,60?,61?,62?,63?,68?,69?,70?,71?,72?,73?,74?,75?,76?,77?,78?,79?,83?,84?,85?,86?/m0/s1. The molecule has 53 heteroatoms. The molecule has 0 radical (unpaired) electrons. The number of carbonyl (C=O) groups excluding carboxylic acids is 11. The van der Waals surface area contributed by atoms with Crippen LogP contribution in [0.2, 0.25) is 0 Å². The van der Waals surface area contributed by atoms with Crippen molar-refractivity contribution in [2.45, 2.75) is 265 Å². The van der Waals surface area contributed by atoms with Crippen LogP contribution in [-0.4, -0.2) is 501 Å². The fraction of sp³-hybridized carbons (Fsp3) is 0.872. The Balaban J connectivity index is 1.10. The molecule has 6 rings (SSSR count). The molecule has 20 unspecified atom stereocenters. The van der Waals surface area contributed by atoms with E-state index in [-0.39, 0.29) is 202 Å². The largest absolute Gasteiger partial charge is 0.394 e. The first-order valence-electron chi connectivity index (χ1n) is 47.3. The van der Waals surface area contributed by atoms with Crippen molar-refractivity contribution in [2.75, 3.05) is 211 Å². The highest BCUT2D eigenvalue weighted by atomic mass is 16.7. The fourth-order valence-electron chi connectivity index (χ4n) is 15.8. The summed E-state index contributed by atoms with van der Waals surface area (Å²) >= 11 is 0. The first kappa shape index (κ1) is 121. The minimum Gasteiger partial charge on any atom is -0.394 e. The Morgan fingerprint density at radius 3 is 0.957 bits per heavy atom. The number of morpholine rings is 1. The number of hydrogen-bond donors (Lipinski definition) is 23. The molecular weight excluding hydrogens is 1860 g/mol. The third-order valence-corrected chi connectivity index (χ3v) is 23.0. The second-order valence-electron chi connectivity index (χ2n) is 34.2. The van der Waals surface area contributed by atoms with Crippen molar-refractivity contribution < 1.29 is 199 Å². The zero-order valence-corrected chi connectivity index (χ0v) is 79.9. The number of aliphatic hydroxyl groups excluding tert-OH is 12. The van der Waals surface area contributed by atoms with Crippen molar-refractivity contribution in [3.63, 3.8) is 0 Å². The molecule has 1 aliphatic carbocycles. The van der Waals surface area contributed by atoms with Crippen LogP contribution in [0.3, 0.4) is 0 Å². The van der Waals surface area contributed by atoms with Crippen LogP contribution >= 0.6 is 0 Å². The molecule has 6 aliphatic rings. The highest BCUT2D eigenvalue weighted by molar-refractivity contribution is 5.91. The number of nitrogens with one attached hydrogen (secondary N) is 11. The molecule has 53 nitrogen and oxygen atoms in total. The average Bonchev–Trinajstić information content (AvgIpc) is 0.817. The second kappa shape index (κ2) is 67.5. The van der Waals surface area contributed by atoms with Gasteiger partial charge < -0.3 is 205 Å². The first-order valence-corrected chi connectivity index (χ1v) is 47.3. The molecule has 6 fully saturated rings. The van der Waals surface area contributed by atoms with E-state index in [0.717, 1.165) is 0 Å². The summed E-state index contributed by atoms with van der Waals surface area (Å²) in [4.78, 5) is 149. The number of amides is 11. The van der Waals surface area contributed by atoms with E-state index >= 15 is 0 Å². The molecule has 802 valence electrons. The second-order valence-corrected chi connectivity index (χ2v) is 34.2. The number of nitrogens with zero attached hydrogens (tertiary/aromatic N) is 1. The highest BCUT2D eigenvalue weighted by Crippen LogP contribution is 2.31. The van der Waals surface area contributed by atoms with E-state index in [4.69, 9.17) is 85.3 Å². The third-order valence-electron chi connectivity index (χ3n) is 23.0. The van der Waals surface area contributed by atoms with Gasteiger partial charge in [-0.3, -0.25) is 57.6 Å². The molecule has 23 N–H and O–H groups in total. The zero-order valence-electron chi connectivity index (χ0n) is 79.9. The average molecular weight is 2010 g/mol. The number of hydrogen-bond acceptors (Lipinski definition) is 42. The van der Waals surface area contributed by atoms with Crippen molar-refractivity contribution in [1.82, 2.24) is 63.4 Å². The van der Waals surface area contributed by atoms with Gasteiger partial charge in [-0.05, 0) is 52.4 Å². The van der Waals surface area contributed by atoms with Gasteiger partial charge in [0.05, 0.1) is 184 Å². The molecule has 23 atom stereocenters. The summed E-state index contributed by atoms with van der Waals surface area (Å²) in [6, 6.07) is -8.76. The lowest BCUT2D eigenvalue weighted by Gasteiger charge is -2.42. The predicted molar refractivity (Wildman–Crippen MR) is 476 cm³/mol. The van der Waals surface area contributed by atoms with Crippen LogP contribution in [0.25, 0.3) is 0 Å². The van der Waals surface area contributed by atoms with Gasteiger partial charge in [0.15, 0.2) is 25.2 Å². The molecule has 5 saturated heterocycles. The summed E-state index contributed by atoms with van der Waals surface area (Å²) in [5.74, 6) is -7.60. The van der Waals surface area contributed by atoms with Crippen LogP contribution in [-0.2, 0) is 138 Å². The van der Waals surface area contributed by atoms with Gasteiger partial charge in [0.25, 0.3) is 0 Å². The number of rotatable bonds is 68. The molecule has 0 spiro atoms. The molecule has 139 heavy (non-hydrogen) atoms. The monoisotopic (exact) mass is 2010 g/mol. The van der Waals surface area contributed by atoms with Gasteiger partial charge in [-0.15, -0.1) is 0 Å². The van der Waals surface area contributed by atoms with Gasteiger partial charge in [0.1, 0.15) is 109 Å². The zero-order chi connectivity index (χ0) is 102. The van der Waals surface area contributed by atoms with Crippen LogP contribution in [0, 0.1) is 5.92 Å². The van der Waals surface area contributed by atoms with E-state index in [2.05, 4.69) is 63.4 Å². The summed E-state index contributed by atoms with van der Waals surface area (Å²) in [5, 5.41) is 151. The van der Waals surface area contributed by atoms with Crippen molar-refractivity contribution >= 4 is 65.0 Å². The summed E-state index contributed by atoms with van der Waals surface area (Å²) < 4.78 is 102. The Kier molecular flexibility index (Phi) is 58.6. The molecule has 0 bridgehead atoms. The lowest BCUT2D eigenvalue weighted by molar-refractivity contribution is -0.272. The Labute approximate surface area is 806 Å². The summed E-state index contributed by atoms with van der Waals surface area (Å²) in [7, 11) is 0. The molecule has 5 aliphatic heterocycles. The molecular formula is C86H152N12O41. The maximum absolute atomic E-state index is 14.6. The highest BCUT2D eigenvalue weighted by Gasteiger charge is 2.50. The predicted octanol–water partition coefficient (Wildman–Crippen LogP) is -12.1. The molecule has 0 aromatic heterocycles. The summed E-state index contributed by atoms with van der Waals surface area (Å²) in [6.07, 6.45) is -22.6. The Hall–Kier alpha value is -7.07. The van der Waals surface area contributed by atoms with Crippen LogP contribution in [0.1, 0.15) is 106 Å². The molecule has 0 aromatic rings. The minimum atomic E-state index is -1.53. The Morgan fingerprint density at radius 2 is 0.662 bits per heavy atom. The quantitative estimate of drug-likeness (QED) is 0.0251. The maximum atomic E-state index is 14.6. The van der Waals surface area contributed by atoms with Crippen LogP contribution < -0.4 is 58.5 Å². The SMILES string of the molecule is CC(=O)NC1C(OCCOCCOCCNC(=O)CC[C@@H](NC(=O)CC(CC(=O)N[C@H](CCC(=O)NCCOCCOCCOC2OC(CO)C(O)C(O)C2NC(C)=O)C(=O)NCCOCCOCCOC2OC(CO)C(O)C(O)C2NC(C)=O)NC(=O)C2CCC(N3CCO[C@H](COC(C)C)C3)CC2)C(=O)NCCOCCOCCOC2OC(CO)C(O)C(O)C2NC(C)=O)OC(CO)C(O)C1O. The van der Waals surface area contributed by atoms with E-state index in [0.29, 0.717) is 52.0 Å². The van der Waals surface area contributed by atoms with E-state index < -0.39 is 251 Å². The van der Waals surface area contributed by atoms with Gasteiger partial charge in [-0.25, -0.2) is 0 Å². The van der Waals surface area contributed by atoms with Gasteiger partial charge in [0, 0.05) is 111 Å². The minimum absolute atomic E-state index is 0.00425. The number of carbonyl (C=O) groups is 11. The van der Waals surface area contributed by atoms with Crippen molar-refractivity contribution in [3.8, 4) is 0 Å². The normalized spacial score (nSPS) is 28.4. The maximum Gasteiger partial charge on any atom is 0.242 e. The van der Waals surface area contributed by atoms with E-state index in [1.54, 1.807) is 0 Å². The van der Waals surface area contributed by atoms with Crippen LogP contribution in [0.4, 0.5) is 0 Å². The van der Waals surface area contributed by atoms with Crippen molar-refractivity contribution in [2.24, 2.45) is 5.92 Å². The molecule has 11 amide bonds. The van der Waals surface area contributed by atoms with Gasteiger partial charge in [-0.2, -0.15) is 0 Å². The van der Waals surface area contributed by atoms with Crippen molar-refractivity contribution in [3.05, 3.63) is 0 Å². The van der Waals surface area contributed by atoms with E-state index in [1.165, 1.54) is 27.7 Å². The lowest BCUT2D eigenvalue weighted by atomic mass is 9.84. The molecule has 1 saturated carbocycles. The topological polar surface area (TPSA) is 732 Å². The van der Waals surface area contributed by atoms with Gasteiger partial charge >= 0.3 is 0 Å². The molecule has 0 aromatic carbocycles. The Bertz CT molecular complexity index is 3370. The summed E-state index contributed by atoms with van der Waals surface area (Å²) in [6.45, 7) is 7.45. The van der Waals surface area contributed by atoms with Crippen molar-refractivity contribution in [1.29, 1.82) is 0 Å². The van der Waals surface area contributed by atoms with Crippen LogP contribution in [0.5, 0.6) is 0 Å². The molecule has 5 heterocycles. The van der Waals surface area contributed by atoms with Gasteiger partial charge in [0.2, 0.25) is 65.0 Å². The summed E-state index contributed by atoms with van der Waals surface area (Å²) in [5.41, 5.74) is 0. The van der Waals surface area contributed by atoms with E-state index in [9.17, 15) is 114 Å².